The average molecular weight is 225 g/mol. The van der Waals surface area contributed by atoms with E-state index in [0.29, 0.717) is 6.04 Å². The van der Waals surface area contributed by atoms with Crippen LogP contribution < -0.4 is 10.6 Å². The van der Waals surface area contributed by atoms with Crippen molar-refractivity contribution in [2.45, 2.75) is 25.3 Å². The van der Waals surface area contributed by atoms with Gasteiger partial charge in [-0.3, -0.25) is 0 Å². The molecule has 0 radical (unpaired) electrons. The van der Waals surface area contributed by atoms with Crippen LogP contribution in [0.3, 0.4) is 0 Å². The summed E-state index contributed by atoms with van der Waals surface area (Å²) in [6, 6.07) is 8.48. The number of rotatable bonds is 3. The lowest BCUT2D eigenvalue weighted by atomic mass is 10.1. The Morgan fingerprint density at radius 1 is 1.33 bits per heavy atom. The molecule has 2 nitrogen and oxygen atoms in total. The molecule has 1 saturated heterocycles. The predicted molar refractivity (Wildman–Crippen MR) is 65.6 cm³/mol. The van der Waals surface area contributed by atoms with Crippen LogP contribution in [0.2, 0.25) is 5.02 Å². The molecular weight excluding hydrogens is 208 g/mol. The maximum absolute atomic E-state index is 6.06. The number of benzene rings is 1. The van der Waals surface area contributed by atoms with Crippen LogP contribution >= 0.6 is 11.6 Å². The van der Waals surface area contributed by atoms with E-state index in [2.05, 4.69) is 10.6 Å². The Morgan fingerprint density at radius 2 is 2.20 bits per heavy atom. The van der Waals surface area contributed by atoms with Gasteiger partial charge in [-0.1, -0.05) is 30.2 Å². The van der Waals surface area contributed by atoms with Crippen molar-refractivity contribution in [2.75, 3.05) is 18.4 Å². The minimum absolute atomic E-state index is 0.593. The molecule has 0 spiro atoms. The van der Waals surface area contributed by atoms with E-state index in [9.17, 15) is 0 Å². The molecule has 82 valence electrons. The Kier molecular flexibility index (Phi) is 3.87. The van der Waals surface area contributed by atoms with E-state index in [0.717, 1.165) is 23.8 Å². The molecule has 3 heteroatoms. The lowest BCUT2D eigenvalue weighted by Crippen LogP contribution is -2.39. The number of hydrogen-bond donors (Lipinski definition) is 2. The molecular formula is C12H17ClN2. The summed E-state index contributed by atoms with van der Waals surface area (Å²) in [6.07, 6.45) is 3.90. The maximum Gasteiger partial charge on any atom is 0.0637 e. The van der Waals surface area contributed by atoms with Crippen molar-refractivity contribution in [2.24, 2.45) is 0 Å². The molecule has 1 heterocycles. The van der Waals surface area contributed by atoms with E-state index in [-0.39, 0.29) is 0 Å². The Bertz CT molecular complexity index is 308. The molecule has 2 N–H and O–H groups in total. The van der Waals surface area contributed by atoms with Crippen molar-refractivity contribution >= 4 is 17.3 Å². The van der Waals surface area contributed by atoms with Crippen LogP contribution in [0.1, 0.15) is 19.3 Å². The lowest BCUT2D eigenvalue weighted by molar-refractivity contribution is 0.414. The molecule has 1 aromatic rings. The van der Waals surface area contributed by atoms with Gasteiger partial charge in [-0.25, -0.2) is 0 Å². The minimum Gasteiger partial charge on any atom is -0.382 e. The van der Waals surface area contributed by atoms with Crippen LogP contribution in [0.15, 0.2) is 24.3 Å². The topological polar surface area (TPSA) is 24.1 Å². The second-order valence-corrected chi connectivity index (χ2v) is 4.41. The van der Waals surface area contributed by atoms with Crippen LogP contribution in [0.4, 0.5) is 5.69 Å². The van der Waals surface area contributed by atoms with Gasteiger partial charge < -0.3 is 10.6 Å². The van der Waals surface area contributed by atoms with Gasteiger partial charge in [0.15, 0.2) is 0 Å². The summed E-state index contributed by atoms with van der Waals surface area (Å²) in [5.41, 5.74) is 1.03. The van der Waals surface area contributed by atoms with E-state index in [1.54, 1.807) is 0 Å². The van der Waals surface area contributed by atoms with Crippen molar-refractivity contribution in [3.8, 4) is 0 Å². The van der Waals surface area contributed by atoms with Crippen molar-refractivity contribution in [3.05, 3.63) is 29.3 Å². The quantitative estimate of drug-likeness (QED) is 0.825. The zero-order chi connectivity index (χ0) is 10.5. The van der Waals surface area contributed by atoms with Gasteiger partial charge in [0.25, 0.3) is 0 Å². The smallest absolute Gasteiger partial charge is 0.0637 e. The van der Waals surface area contributed by atoms with E-state index in [4.69, 9.17) is 11.6 Å². The summed E-state index contributed by atoms with van der Waals surface area (Å²) in [5.74, 6) is 0. The lowest BCUT2D eigenvalue weighted by Gasteiger charge is -2.24. The third-order valence-electron chi connectivity index (χ3n) is 2.83. The second-order valence-electron chi connectivity index (χ2n) is 4.01. The fourth-order valence-electron chi connectivity index (χ4n) is 1.94. The van der Waals surface area contributed by atoms with Gasteiger partial charge in [-0.2, -0.15) is 0 Å². The second kappa shape index (κ2) is 5.38. The summed E-state index contributed by atoms with van der Waals surface area (Å²) in [4.78, 5) is 0. The molecule has 0 aliphatic carbocycles. The van der Waals surface area contributed by atoms with Gasteiger partial charge in [0.05, 0.1) is 10.7 Å². The number of piperidine rings is 1. The number of halogens is 1. The molecule has 0 saturated carbocycles. The largest absolute Gasteiger partial charge is 0.382 e. The Labute approximate surface area is 96.0 Å². The molecule has 1 aliphatic heterocycles. The van der Waals surface area contributed by atoms with Gasteiger partial charge in [0, 0.05) is 12.6 Å². The van der Waals surface area contributed by atoms with Gasteiger partial charge in [-0.05, 0) is 31.5 Å². The Hall–Kier alpha value is -0.730. The Morgan fingerprint density at radius 3 is 2.93 bits per heavy atom. The highest BCUT2D eigenvalue weighted by atomic mass is 35.5. The number of hydrogen-bond acceptors (Lipinski definition) is 2. The van der Waals surface area contributed by atoms with Gasteiger partial charge in [0.2, 0.25) is 0 Å². The van der Waals surface area contributed by atoms with Crippen molar-refractivity contribution in [1.29, 1.82) is 0 Å². The van der Waals surface area contributed by atoms with Crippen molar-refractivity contribution in [1.82, 2.24) is 5.32 Å². The first kappa shape index (κ1) is 10.8. The Balaban J connectivity index is 1.84. The number of anilines is 1. The van der Waals surface area contributed by atoms with Crippen LogP contribution in [-0.2, 0) is 0 Å². The molecule has 0 amide bonds. The molecule has 0 bridgehead atoms. The van der Waals surface area contributed by atoms with E-state index < -0.39 is 0 Å². The highest BCUT2D eigenvalue weighted by molar-refractivity contribution is 6.33. The average Bonchev–Trinajstić information content (AvgIpc) is 2.29. The fourth-order valence-corrected chi connectivity index (χ4v) is 2.14. The summed E-state index contributed by atoms with van der Waals surface area (Å²) in [5, 5.41) is 7.69. The van der Waals surface area contributed by atoms with Crippen molar-refractivity contribution < 1.29 is 0 Å². The maximum atomic E-state index is 6.06. The zero-order valence-corrected chi connectivity index (χ0v) is 9.56. The minimum atomic E-state index is 0.593. The third-order valence-corrected chi connectivity index (χ3v) is 3.15. The number of para-hydroxylation sites is 1. The van der Waals surface area contributed by atoms with Crippen LogP contribution in [-0.4, -0.2) is 19.1 Å². The molecule has 1 fully saturated rings. The molecule has 1 aromatic carbocycles. The van der Waals surface area contributed by atoms with E-state index in [1.165, 1.54) is 19.3 Å². The van der Waals surface area contributed by atoms with Crippen LogP contribution in [0.25, 0.3) is 0 Å². The summed E-state index contributed by atoms with van der Waals surface area (Å²) in [7, 11) is 0. The molecule has 15 heavy (non-hydrogen) atoms. The predicted octanol–water partition coefficient (Wildman–Crippen LogP) is 2.89. The van der Waals surface area contributed by atoms with E-state index in [1.807, 2.05) is 24.3 Å². The third kappa shape index (κ3) is 3.11. The normalized spacial score (nSPS) is 21.3. The molecule has 1 aliphatic rings. The van der Waals surface area contributed by atoms with Gasteiger partial charge in [0.1, 0.15) is 0 Å². The molecule has 0 aromatic heterocycles. The first-order valence-electron chi connectivity index (χ1n) is 5.58. The molecule has 1 unspecified atom stereocenters. The monoisotopic (exact) mass is 224 g/mol. The summed E-state index contributed by atoms with van der Waals surface area (Å²) in [6.45, 7) is 2.11. The zero-order valence-electron chi connectivity index (χ0n) is 8.80. The van der Waals surface area contributed by atoms with Gasteiger partial charge in [-0.15, -0.1) is 0 Å². The van der Waals surface area contributed by atoms with Crippen LogP contribution in [0.5, 0.6) is 0 Å². The molecule has 2 rings (SSSR count). The standard InChI is InChI=1S/C12H17ClN2/c13-11-6-1-2-7-12(11)15-9-10-5-3-4-8-14-10/h1-2,6-7,10,14-15H,3-5,8-9H2. The molecule has 1 atom stereocenters. The van der Waals surface area contributed by atoms with Crippen LogP contribution in [0, 0.1) is 0 Å². The highest BCUT2D eigenvalue weighted by Crippen LogP contribution is 2.20. The summed E-state index contributed by atoms with van der Waals surface area (Å²) >= 11 is 6.06. The first-order valence-corrected chi connectivity index (χ1v) is 5.96. The number of nitrogens with one attached hydrogen (secondary N) is 2. The highest BCUT2D eigenvalue weighted by Gasteiger charge is 2.11. The fraction of sp³-hybridized carbons (Fsp3) is 0.500. The van der Waals surface area contributed by atoms with Gasteiger partial charge >= 0.3 is 0 Å². The van der Waals surface area contributed by atoms with E-state index >= 15 is 0 Å². The SMILES string of the molecule is Clc1ccccc1NCC1CCCCN1. The first-order chi connectivity index (χ1) is 7.36. The summed E-state index contributed by atoms with van der Waals surface area (Å²) < 4.78 is 0. The van der Waals surface area contributed by atoms with Crippen molar-refractivity contribution in [3.63, 3.8) is 0 Å².